The molecular formula is C10H14N2O5. The van der Waals surface area contributed by atoms with Gasteiger partial charge in [0.25, 0.3) is 5.56 Å². The maximum Gasteiger partial charge on any atom is 0.342 e. The smallest absolute Gasteiger partial charge is 0.342 e. The quantitative estimate of drug-likeness (QED) is 0.752. The van der Waals surface area contributed by atoms with E-state index < -0.39 is 28.4 Å². The summed E-state index contributed by atoms with van der Waals surface area (Å²) in [6.45, 7) is 3.62. The second kappa shape index (κ2) is 4.54. The summed E-state index contributed by atoms with van der Waals surface area (Å²) in [4.78, 5) is 35.4. The van der Waals surface area contributed by atoms with Crippen LogP contribution in [0, 0.1) is 0 Å². The number of methoxy groups -OCH3 is 1. The standard InChI is InChI=1S/C10H14N2O5/c1-10(2,17-3)5-12-4-6(8(14)15)7(13)11-9(12)16/h4H,5H2,1-3H3,(H,14,15)(H,11,13,16). The van der Waals surface area contributed by atoms with Gasteiger partial charge in [0.2, 0.25) is 0 Å². The second-order valence-electron chi connectivity index (χ2n) is 4.20. The van der Waals surface area contributed by atoms with E-state index in [9.17, 15) is 14.4 Å². The van der Waals surface area contributed by atoms with E-state index in [4.69, 9.17) is 9.84 Å². The number of rotatable bonds is 4. The van der Waals surface area contributed by atoms with Gasteiger partial charge in [-0.15, -0.1) is 0 Å². The Morgan fingerprint density at radius 1 is 1.53 bits per heavy atom. The van der Waals surface area contributed by atoms with Gasteiger partial charge in [-0.05, 0) is 13.8 Å². The van der Waals surface area contributed by atoms with Crippen LogP contribution in [0.25, 0.3) is 0 Å². The SMILES string of the molecule is COC(C)(C)Cn1cc(C(=O)O)c(=O)[nH]c1=O. The number of carbonyl (C=O) groups is 1. The average molecular weight is 242 g/mol. The molecule has 0 saturated carbocycles. The van der Waals surface area contributed by atoms with Gasteiger partial charge in [0.1, 0.15) is 5.56 Å². The molecular weight excluding hydrogens is 228 g/mol. The zero-order valence-electron chi connectivity index (χ0n) is 9.81. The van der Waals surface area contributed by atoms with E-state index in [2.05, 4.69) is 0 Å². The van der Waals surface area contributed by atoms with Crippen molar-refractivity contribution < 1.29 is 14.6 Å². The van der Waals surface area contributed by atoms with Crippen LogP contribution in [0.3, 0.4) is 0 Å². The molecule has 0 bridgehead atoms. The summed E-state index contributed by atoms with van der Waals surface area (Å²) < 4.78 is 6.23. The summed E-state index contributed by atoms with van der Waals surface area (Å²) in [5, 5.41) is 8.77. The van der Waals surface area contributed by atoms with Crippen LogP contribution in [0.5, 0.6) is 0 Å². The molecule has 1 rings (SSSR count). The fourth-order valence-corrected chi connectivity index (χ4v) is 1.25. The van der Waals surface area contributed by atoms with Crippen molar-refractivity contribution in [3.05, 3.63) is 32.6 Å². The van der Waals surface area contributed by atoms with Gasteiger partial charge in [-0.25, -0.2) is 9.59 Å². The molecule has 7 nitrogen and oxygen atoms in total. The molecule has 94 valence electrons. The van der Waals surface area contributed by atoms with Gasteiger partial charge in [0, 0.05) is 13.3 Å². The minimum atomic E-state index is -1.38. The molecule has 0 aliphatic carbocycles. The Hall–Kier alpha value is -1.89. The van der Waals surface area contributed by atoms with E-state index in [1.165, 1.54) is 7.11 Å². The highest BCUT2D eigenvalue weighted by Crippen LogP contribution is 2.09. The molecule has 0 fully saturated rings. The number of hydrogen-bond acceptors (Lipinski definition) is 4. The number of carboxylic acids is 1. The maximum atomic E-state index is 11.5. The molecule has 0 unspecified atom stereocenters. The summed E-state index contributed by atoms with van der Waals surface area (Å²) >= 11 is 0. The van der Waals surface area contributed by atoms with Crippen molar-refractivity contribution in [2.45, 2.75) is 26.0 Å². The fraction of sp³-hybridized carbons (Fsp3) is 0.500. The van der Waals surface area contributed by atoms with E-state index in [0.29, 0.717) is 0 Å². The van der Waals surface area contributed by atoms with E-state index in [1.54, 1.807) is 13.8 Å². The number of aromatic amines is 1. The van der Waals surface area contributed by atoms with Crippen LogP contribution in [0.2, 0.25) is 0 Å². The highest BCUT2D eigenvalue weighted by Gasteiger charge is 2.20. The van der Waals surface area contributed by atoms with Gasteiger partial charge in [-0.1, -0.05) is 0 Å². The minimum absolute atomic E-state index is 0.138. The summed E-state index contributed by atoms with van der Waals surface area (Å²) in [5.74, 6) is -1.38. The first kappa shape index (κ1) is 13.2. The Labute approximate surface area is 96.7 Å². The lowest BCUT2D eigenvalue weighted by Crippen LogP contribution is -2.39. The lowest BCUT2D eigenvalue weighted by atomic mass is 10.1. The van der Waals surface area contributed by atoms with E-state index in [-0.39, 0.29) is 6.54 Å². The monoisotopic (exact) mass is 242 g/mol. The largest absolute Gasteiger partial charge is 0.477 e. The van der Waals surface area contributed by atoms with Gasteiger partial charge in [0.15, 0.2) is 0 Å². The predicted molar refractivity (Wildman–Crippen MR) is 59.4 cm³/mol. The minimum Gasteiger partial charge on any atom is -0.477 e. The number of hydrogen-bond donors (Lipinski definition) is 2. The third kappa shape index (κ3) is 3.04. The van der Waals surface area contributed by atoms with Crippen LogP contribution in [0.1, 0.15) is 24.2 Å². The molecule has 0 spiro atoms. The molecule has 2 N–H and O–H groups in total. The topological polar surface area (TPSA) is 101 Å². The summed E-state index contributed by atoms with van der Waals surface area (Å²) in [7, 11) is 1.48. The van der Waals surface area contributed by atoms with Crippen LogP contribution in [0.15, 0.2) is 15.8 Å². The van der Waals surface area contributed by atoms with Crippen molar-refractivity contribution in [2.24, 2.45) is 0 Å². The second-order valence-corrected chi connectivity index (χ2v) is 4.20. The van der Waals surface area contributed by atoms with Crippen LogP contribution in [-0.2, 0) is 11.3 Å². The number of nitrogens with one attached hydrogen (secondary N) is 1. The van der Waals surface area contributed by atoms with E-state index in [1.807, 2.05) is 4.98 Å². The molecule has 0 amide bonds. The molecule has 0 atom stereocenters. The molecule has 0 aliphatic rings. The lowest BCUT2D eigenvalue weighted by molar-refractivity contribution is 0.00691. The number of ether oxygens (including phenoxy) is 1. The maximum absolute atomic E-state index is 11.5. The Kier molecular flexibility index (Phi) is 3.52. The predicted octanol–water partition coefficient (Wildman–Crippen LogP) is -0.340. The van der Waals surface area contributed by atoms with E-state index >= 15 is 0 Å². The summed E-state index contributed by atoms with van der Waals surface area (Å²) in [5.41, 5.74) is -2.69. The van der Waals surface area contributed by atoms with Crippen molar-refractivity contribution >= 4 is 5.97 Å². The average Bonchev–Trinajstić information content (AvgIpc) is 2.21. The van der Waals surface area contributed by atoms with Crippen molar-refractivity contribution in [3.63, 3.8) is 0 Å². The Bertz CT molecular complexity index is 540. The lowest BCUT2D eigenvalue weighted by Gasteiger charge is -2.23. The fourth-order valence-electron chi connectivity index (χ4n) is 1.25. The highest BCUT2D eigenvalue weighted by molar-refractivity contribution is 5.86. The number of H-pyrrole nitrogens is 1. The van der Waals surface area contributed by atoms with Gasteiger partial charge in [0.05, 0.1) is 12.1 Å². The summed E-state index contributed by atoms with van der Waals surface area (Å²) in [6.07, 6.45) is 1.02. The molecule has 7 heteroatoms. The first-order chi connectivity index (χ1) is 7.76. The zero-order chi connectivity index (χ0) is 13.2. The van der Waals surface area contributed by atoms with Crippen molar-refractivity contribution in [3.8, 4) is 0 Å². The molecule has 17 heavy (non-hydrogen) atoms. The van der Waals surface area contributed by atoms with Crippen LogP contribution in [-0.4, -0.2) is 33.3 Å². The van der Waals surface area contributed by atoms with Crippen molar-refractivity contribution in [2.75, 3.05) is 7.11 Å². The first-order valence-electron chi connectivity index (χ1n) is 4.89. The molecule has 1 heterocycles. The van der Waals surface area contributed by atoms with Crippen molar-refractivity contribution in [1.29, 1.82) is 0 Å². The van der Waals surface area contributed by atoms with Gasteiger partial charge in [-0.3, -0.25) is 14.3 Å². The highest BCUT2D eigenvalue weighted by atomic mass is 16.5. The van der Waals surface area contributed by atoms with E-state index in [0.717, 1.165) is 10.8 Å². The van der Waals surface area contributed by atoms with Gasteiger partial charge >= 0.3 is 11.7 Å². The summed E-state index contributed by atoms with van der Waals surface area (Å²) in [6, 6.07) is 0. The van der Waals surface area contributed by atoms with Gasteiger partial charge < -0.3 is 9.84 Å². The Morgan fingerprint density at radius 2 is 2.12 bits per heavy atom. The number of carboxylic acid groups (broad SMARTS) is 1. The Balaban J connectivity index is 3.27. The first-order valence-corrected chi connectivity index (χ1v) is 4.89. The number of aromatic carboxylic acids is 1. The third-order valence-corrected chi connectivity index (χ3v) is 2.35. The molecule has 0 aliphatic heterocycles. The van der Waals surface area contributed by atoms with Crippen LogP contribution < -0.4 is 11.2 Å². The normalized spacial score (nSPS) is 11.5. The number of nitrogens with zero attached hydrogens (tertiary/aromatic N) is 1. The molecule has 1 aromatic rings. The van der Waals surface area contributed by atoms with Crippen LogP contribution in [0.4, 0.5) is 0 Å². The molecule has 1 aromatic heterocycles. The number of aromatic nitrogens is 2. The zero-order valence-corrected chi connectivity index (χ0v) is 9.81. The Morgan fingerprint density at radius 3 is 2.59 bits per heavy atom. The molecule has 0 radical (unpaired) electrons. The molecule has 0 saturated heterocycles. The van der Waals surface area contributed by atoms with Gasteiger partial charge in [-0.2, -0.15) is 0 Å². The molecule has 0 aromatic carbocycles. The van der Waals surface area contributed by atoms with Crippen LogP contribution >= 0.6 is 0 Å². The third-order valence-electron chi connectivity index (χ3n) is 2.35. The van der Waals surface area contributed by atoms with Crippen molar-refractivity contribution in [1.82, 2.24) is 9.55 Å².